The van der Waals surface area contributed by atoms with Crippen molar-refractivity contribution in [2.75, 3.05) is 6.61 Å². The van der Waals surface area contributed by atoms with Gasteiger partial charge in [0.2, 0.25) is 0 Å². The SMILES string of the molecule is CCc1nn(CC)c(CNC(C)CCCO)c1Br. The van der Waals surface area contributed by atoms with E-state index in [0.717, 1.165) is 42.5 Å². The van der Waals surface area contributed by atoms with Crippen LogP contribution in [0.5, 0.6) is 0 Å². The maximum Gasteiger partial charge on any atom is 0.0767 e. The predicted molar refractivity (Wildman–Crippen MR) is 77.6 cm³/mol. The number of aryl methyl sites for hydroxylation is 2. The van der Waals surface area contributed by atoms with Gasteiger partial charge in [0.15, 0.2) is 0 Å². The summed E-state index contributed by atoms with van der Waals surface area (Å²) in [6.07, 6.45) is 2.79. The average molecular weight is 318 g/mol. The molecule has 0 bridgehead atoms. The van der Waals surface area contributed by atoms with Crippen molar-refractivity contribution in [1.82, 2.24) is 15.1 Å². The van der Waals surface area contributed by atoms with Crippen LogP contribution in [0, 0.1) is 0 Å². The first kappa shape index (κ1) is 15.7. The second kappa shape index (κ2) is 7.92. The third kappa shape index (κ3) is 4.07. The molecule has 0 aliphatic rings. The maximum atomic E-state index is 8.81. The summed E-state index contributed by atoms with van der Waals surface area (Å²) in [7, 11) is 0. The molecule has 0 radical (unpaired) electrons. The molecule has 4 nitrogen and oxygen atoms in total. The van der Waals surface area contributed by atoms with Crippen molar-refractivity contribution in [3.8, 4) is 0 Å². The largest absolute Gasteiger partial charge is 0.396 e. The normalized spacial score (nSPS) is 12.9. The fraction of sp³-hybridized carbons (Fsp3) is 0.769. The highest BCUT2D eigenvalue weighted by molar-refractivity contribution is 9.10. The van der Waals surface area contributed by atoms with Crippen LogP contribution in [-0.4, -0.2) is 27.5 Å². The highest BCUT2D eigenvalue weighted by Crippen LogP contribution is 2.22. The van der Waals surface area contributed by atoms with E-state index in [1.54, 1.807) is 0 Å². The molecule has 0 saturated heterocycles. The Hall–Kier alpha value is -0.390. The van der Waals surface area contributed by atoms with E-state index >= 15 is 0 Å². The Bertz CT molecular complexity index is 365. The van der Waals surface area contributed by atoms with Gasteiger partial charge in [0.25, 0.3) is 0 Å². The molecule has 5 heteroatoms. The van der Waals surface area contributed by atoms with Crippen LogP contribution in [0.3, 0.4) is 0 Å². The van der Waals surface area contributed by atoms with E-state index in [1.165, 1.54) is 5.69 Å². The van der Waals surface area contributed by atoms with Crippen LogP contribution in [0.15, 0.2) is 4.47 Å². The number of aromatic nitrogens is 2. The minimum absolute atomic E-state index is 0.266. The number of aliphatic hydroxyl groups is 1. The Labute approximate surface area is 118 Å². The number of hydrogen-bond donors (Lipinski definition) is 2. The van der Waals surface area contributed by atoms with Gasteiger partial charge in [-0.1, -0.05) is 6.92 Å². The highest BCUT2D eigenvalue weighted by atomic mass is 79.9. The minimum atomic E-state index is 0.266. The summed E-state index contributed by atoms with van der Waals surface area (Å²) in [4.78, 5) is 0. The third-order valence-corrected chi connectivity index (χ3v) is 4.02. The molecule has 0 aliphatic carbocycles. The Balaban J connectivity index is 2.63. The predicted octanol–water partition coefficient (Wildman–Crippen LogP) is 2.48. The van der Waals surface area contributed by atoms with Crippen molar-refractivity contribution < 1.29 is 5.11 Å². The van der Waals surface area contributed by atoms with Crippen LogP contribution < -0.4 is 5.32 Å². The molecule has 0 spiro atoms. The van der Waals surface area contributed by atoms with Crippen LogP contribution in [0.1, 0.15) is 45.0 Å². The van der Waals surface area contributed by atoms with Gasteiger partial charge in [0, 0.05) is 25.7 Å². The summed E-state index contributed by atoms with van der Waals surface area (Å²) in [6.45, 7) is 8.35. The lowest BCUT2D eigenvalue weighted by Gasteiger charge is -2.14. The summed E-state index contributed by atoms with van der Waals surface area (Å²) in [5.41, 5.74) is 2.34. The summed E-state index contributed by atoms with van der Waals surface area (Å²) >= 11 is 3.64. The molecule has 1 heterocycles. The first-order valence-electron chi connectivity index (χ1n) is 6.72. The minimum Gasteiger partial charge on any atom is -0.396 e. The van der Waals surface area contributed by atoms with Crippen molar-refractivity contribution in [2.24, 2.45) is 0 Å². The van der Waals surface area contributed by atoms with E-state index in [0.29, 0.717) is 6.04 Å². The van der Waals surface area contributed by atoms with Gasteiger partial charge >= 0.3 is 0 Å². The third-order valence-electron chi connectivity index (χ3n) is 3.11. The first-order chi connectivity index (χ1) is 8.63. The molecule has 18 heavy (non-hydrogen) atoms. The average Bonchev–Trinajstić information content (AvgIpc) is 2.69. The van der Waals surface area contributed by atoms with Crippen molar-refractivity contribution in [1.29, 1.82) is 0 Å². The van der Waals surface area contributed by atoms with Crippen molar-refractivity contribution in [3.05, 3.63) is 15.9 Å². The maximum absolute atomic E-state index is 8.81. The van der Waals surface area contributed by atoms with Gasteiger partial charge < -0.3 is 10.4 Å². The molecule has 0 fully saturated rings. The van der Waals surface area contributed by atoms with Crippen LogP contribution in [0.25, 0.3) is 0 Å². The molecule has 0 saturated carbocycles. The molecule has 1 rings (SSSR count). The second-order valence-corrected chi connectivity index (χ2v) is 5.32. The number of halogens is 1. The number of hydrogen-bond acceptors (Lipinski definition) is 3. The molecule has 1 aromatic rings. The lowest BCUT2D eigenvalue weighted by molar-refractivity contribution is 0.276. The highest BCUT2D eigenvalue weighted by Gasteiger charge is 2.14. The number of rotatable bonds is 8. The van der Waals surface area contributed by atoms with Gasteiger partial charge in [-0.15, -0.1) is 0 Å². The van der Waals surface area contributed by atoms with E-state index in [-0.39, 0.29) is 6.61 Å². The van der Waals surface area contributed by atoms with Gasteiger partial charge in [-0.05, 0) is 49.0 Å². The zero-order valence-electron chi connectivity index (χ0n) is 11.5. The fourth-order valence-corrected chi connectivity index (χ4v) is 2.66. The van der Waals surface area contributed by atoms with Gasteiger partial charge in [0.05, 0.1) is 15.9 Å². The summed E-state index contributed by atoms with van der Waals surface area (Å²) < 4.78 is 3.18. The van der Waals surface area contributed by atoms with Gasteiger partial charge in [-0.2, -0.15) is 5.10 Å². The molecule has 1 unspecified atom stereocenters. The summed E-state index contributed by atoms with van der Waals surface area (Å²) in [6, 6.07) is 0.411. The van der Waals surface area contributed by atoms with Gasteiger partial charge in [-0.25, -0.2) is 0 Å². The Kier molecular flexibility index (Phi) is 6.89. The van der Waals surface area contributed by atoms with Crippen LogP contribution in [-0.2, 0) is 19.5 Å². The van der Waals surface area contributed by atoms with Crippen molar-refractivity contribution in [3.63, 3.8) is 0 Å². The van der Waals surface area contributed by atoms with E-state index < -0.39 is 0 Å². The Morgan fingerprint density at radius 1 is 1.44 bits per heavy atom. The molecular weight excluding hydrogens is 294 g/mol. The Morgan fingerprint density at radius 3 is 2.72 bits per heavy atom. The van der Waals surface area contributed by atoms with E-state index in [9.17, 15) is 0 Å². The monoisotopic (exact) mass is 317 g/mol. The zero-order valence-corrected chi connectivity index (χ0v) is 13.1. The van der Waals surface area contributed by atoms with Crippen LogP contribution in [0.4, 0.5) is 0 Å². The molecule has 0 aromatic carbocycles. The van der Waals surface area contributed by atoms with Crippen LogP contribution in [0.2, 0.25) is 0 Å². The van der Waals surface area contributed by atoms with Gasteiger partial charge in [0.1, 0.15) is 0 Å². The number of nitrogens with zero attached hydrogens (tertiary/aromatic N) is 2. The lowest BCUT2D eigenvalue weighted by atomic mass is 10.2. The number of nitrogens with one attached hydrogen (secondary N) is 1. The quantitative estimate of drug-likeness (QED) is 0.774. The van der Waals surface area contributed by atoms with E-state index in [2.05, 4.69) is 51.8 Å². The first-order valence-corrected chi connectivity index (χ1v) is 7.51. The van der Waals surface area contributed by atoms with Crippen molar-refractivity contribution >= 4 is 15.9 Å². The molecule has 0 amide bonds. The molecule has 1 aromatic heterocycles. The number of aliphatic hydroxyl groups excluding tert-OH is 1. The lowest BCUT2D eigenvalue weighted by Crippen LogP contribution is -2.27. The molecule has 2 N–H and O–H groups in total. The van der Waals surface area contributed by atoms with E-state index in [4.69, 9.17) is 5.11 Å². The zero-order chi connectivity index (χ0) is 13.5. The smallest absolute Gasteiger partial charge is 0.0767 e. The molecule has 1 atom stereocenters. The standard InChI is InChI=1S/C13H24BrN3O/c1-4-11-13(14)12(17(5-2)16-11)9-15-10(3)7-6-8-18/h10,15,18H,4-9H2,1-3H3. The Morgan fingerprint density at radius 2 is 2.17 bits per heavy atom. The van der Waals surface area contributed by atoms with Crippen LogP contribution >= 0.6 is 15.9 Å². The topological polar surface area (TPSA) is 50.1 Å². The molecule has 104 valence electrons. The van der Waals surface area contributed by atoms with Crippen molar-refractivity contribution in [2.45, 2.75) is 59.2 Å². The van der Waals surface area contributed by atoms with E-state index in [1.807, 2.05) is 0 Å². The molecule has 0 aliphatic heterocycles. The summed E-state index contributed by atoms with van der Waals surface area (Å²) in [5.74, 6) is 0. The summed E-state index contributed by atoms with van der Waals surface area (Å²) in [5, 5.41) is 16.9. The second-order valence-electron chi connectivity index (χ2n) is 4.52. The fourth-order valence-electron chi connectivity index (χ4n) is 1.96. The molecular formula is C13H24BrN3O. The van der Waals surface area contributed by atoms with Gasteiger partial charge in [-0.3, -0.25) is 4.68 Å².